The number of halogens is 1. The molecule has 2 aromatic carbocycles. The Labute approximate surface area is 217 Å². The quantitative estimate of drug-likeness (QED) is 0.323. The first-order chi connectivity index (χ1) is 17.2. The second-order valence-electron chi connectivity index (χ2n) is 10.3. The van der Waals surface area contributed by atoms with Gasteiger partial charge in [-0.2, -0.15) is 0 Å². The summed E-state index contributed by atoms with van der Waals surface area (Å²) in [6.45, 7) is 2.66. The molecule has 0 atom stereocenters. The van der Waals surface area contributed by atoms with E-state index in [1.54, 1.807) is 17.5 Å². The van der Waals surface area contributed by atoms with Crippen LogP contribution in [-0.2, 0) is 15.9 Å². The van der Waals surface area contributed by atoms with Gasteiger partial charge in [0.1, 0.15) is 10.0 Å². The number of thiazole rings is 2. The lowest BCUT2D eigenvalue weighted by Crippen LogP contribution is -2.58. The number of nitrogens with zero attached hydrogens (tertiary/aromatic N) is 2. The number of alkyl halides is 1. The summed E-state index contributed by atoms with van der Waals surface area (Å²) >= 11 is 2.98. The van der Waals surface area contributed by atoms with E-state index in [1.165, 1.54) is 11.3 Å². The molecule has 2 fully saturated rings. The molecule has 1 saturated heterocycles. The first kappa shape index (κ1) is 23.9. The van der Waals surface area contributed by atoms with Crippen LogP contribution in [0, 0.1) is 0 Å². The molecule has 4 aromatic rings. The fraction of sp³-hybridized carbons (Fsp3) is 0.357. The maximum atomic E-state index is 15.5. The number of hydrogen-bond acceptors (Lipinski definition) is 7. The van der Waals surface area contributed by atoms with Crippen LogP contribution in [0.4, 0.5) is 4.39 Å². The number of benzene rings is 2. The fourth-order valence-electron chi connectivity index (χ4n) is 5.37. The third kappa shape index (κ3) is 4.31. The lowest BCUT2D eigenvalue weighted by Gasteiger charge is -2.49. The standard InChI is InChI=1S/C28H28FN3O2S2/c1-26(33)16-28(30,17-26)20-9-7-18(8-10-20)22-23(19-5-3-2-4-6-19)36-24(32-22)21-15-31-25(35-21)27(29)11-13-34-14-12-27/h2-10,15,33H,11-14,16-17,30H2,1H3/t26-,28-. The highest BCUT2D eigenvalue weighted by Gasteiger charge is 2.49. The second kappa shape index (κ2) is 8.82. The number of rotatable bonds is 5. The summed E-state index contributed by atoms with van der Waals surface area (Å²) in [4.78, 5) is 11.4. The van der Waals surface area contributed by atoms with Crippen LogP contribution in [0.1, 0.15) is 43.2 Å². The second-order valence-corrected chi connectivity index (χ2v) is 12.3. The van der Waals surface area contributed by atoms with Crippen molar-refractivity contribution in [3.05, 3.63) is 71.4 Å². The summed E-state index contributed by atoms with van der Waals surface area (Å²) < 4.78 is 20.8. The van der Waals surface area contributed by atoms with Crippen molar-refractivity contribution in [2.24, 2.45) is 5.73 Å². The molecule has 0 bridgehead atoms. The van der Waals surface area contributed by atoms with Crippen molar-refractivity contribution in [3.8, 4) is 31.6 Å². The van der Waals surface area contributed by atoms with E-state index < -0.39 is 16.8 Å². The predicted molar refractivity (Wildman–Crippen MR) is 143 cm³/mol. The summed E-state index contributed by atoms with van der Waals surface area (Å²) in [5.41, 5.74) is 7.90. The topological polar surface area (TPSA) is 81.3 Å². The average molecular weight is 522 g/mol. The van der Waals surface area contributed by atoms with Crippen molar-refractivity contribution in [1.29, 1.82) is 0 Å². The van der Waals surface area contributed by atoms with Gasteiger partial charge in [0.25, 0.3) is 0 Å². The van der Waals surface area contributed by atoms with Crippen LogP contribution < -0.4 is 5.73 Å². The molecule has 8 heteroatoms. The molecule has 0 radical (unpaired) electrons. The van der Waals surface area contributed by atoms with Crippen LogP contribution in [0.3, 0.4) is 0 Å². The highest BCUT2D eigenvalue weighted by Crippen LogP contribution is 2.48. The Balaban J connectivity index is 1.36. The normalized spacial score (nSPS) is 25.4. The van der Waals surface area contributed by atoms with E-state index in [0.717, 1.165) is 37.1 Å². The Morgan fingerprint density at radius 3 is 2.33 bits per heavy atom. The zero-order chi connectivity index (χ0) is 25.0. The summed E-state index contributed by atoms with van der Waals surface area (Å²) in [6.07, 6.45) is 3.51. The maximum absolute atomic E-state index is 15.5. The molecule has 0 amide bonds. The summed E-state index contributed by atoms with van der Waals surface area (Å²) in [7, 11) is 0. The van der Waals surface area contributed by atoms with Gasteiger partial charge >= 0.3 is 0 Å². The number of aromatic nitrogens is 2. The largest absolute Gasteiger partial charge is 0.390 e. The SMILES string of the molecule is C[C@]1(O)C[C@@](N)(c2ccc(-c3nc(-c4cnc(C5(F)CCOCC5)s4)sc3-c3ccccc3)cc2)C1. The minimum Gasteiger partial charge on any atom is -0.390 e. The Kier molecular flexibility index (Phi) is 5.85. The predicted octanol–water partition coefficient (Wildman–Crippen LogP) is 6.27. The molecule has 0 spiro atoms. The zero-order valence-corrected chi connectivity index (χ0v) is 21.7. The molecule has 3 heterocycles. The van der Waals surface area contributed by atoms with E-state index in [-0.39, 0.29) is 0 Å². The minimum atomic E-state index is -1.43. The van der Waals surface area contributed by atoms with Crippen molar-refractivity contribution < 1.29 is 14.2 Å². The number of ether oxygens (including phenoxy) is 1. The minimum absolute atomic E-state index is 0.336. The fourth-order valence-corrected chi connectivity index (χ4v) is 7.55. The van der Waals surface area contributed by atoms with Crippen LogP contribution >= 0.6 is 22.7 Å². The Bertz CT molecular complexity index is 1370. The number of nitrogens with two attached hydrogens (primary N) is 1. The smallest absolute Gasteiger partial charge is 0.166 e. The van der Waals surface area contributed by atoms with E-state index in [1.807, 2.05) is 37.3 Å². The van der Waals surface area contributed by atoms with E-state index in [4.69, 9.17) is 15.5 Å². The van der Waals surface area contributed by atoms with Gasteiger partial charge in [-0.05, 0) is 30.9 Å². The van der Waals surface area contributed by atoms with Crippen molar-refractivity contribution in [3.63, 3.8) is 0 Å². The van der Waals surface area contributed by atoms with E-state index in [0.29, 0.717) is 43.9 Å². The molecule has 2 aromatic heterocycles. The van der Waals surface area contributed by atoms with Crippen molar-refractivity contribution >= 4 is 22.7 Å². The Morgan fingerprint density at radius 1 is 0.972 bits per heavy atom. The van der Waals surface area contributed by atoms with Gasteiger partial charge in [0.2, 0.25) is 0 Å². The Morgan fingerprint density at radius 2 is 1.67 bits per heavy atom. The molecule has 36 heavy (non-hydrogen) atoms. The monoisotopic (exact) mass is 521 g/mol. The molecular weight excluding hydrogens is 493 g/mol. The maximum Gasteiger partial charge on any atom is 0.166 e. The molecule has 2 aliphatic rings. The van der Waals surface area contributed by atoms with Crippen molar-refractivity contribution in [1.82, 2.24) is 9.97 Å². The molecule has 6 rings (SSSR count). The van der Waals surface area contributed by atoms with E-state index in [2.05, 4.69) is 29.2 Å². The molecule has 186 valence electrons. The number of aliphatic hydroxyl groups is 1. The van der Waals surface area contributed by atoms with Gasteiger partial charge in [-0.1, -0.05) is 54.6 Å². The third-order valence-corrected chi connectivity index (χ3v) is 9.62. The van der Waals surface area contributed by atoms with E-state index >= 15 is 4.39 Å². The average Bonchev–Trinajstić information content (AvgIpc) is 3.52. The lowest BCUT2D eigenvalue weighted by atomic mass is 9.63. The highest BCUT2D eigenvalue weighted by molar-refractivity contribution is 7.23. The molecule has 1 aliphatic heterocycles. The summed E-state index contributed by atoms with van der Waals surface area (Å²) in [5, 5.41) is 11.5. The molecular formula is C28H28FN3O2S2. The first-order valence-corrected chi connectivity index (χ1v) is 13.8. The van der Waals surface area contributed by atoms with Gasteiger partial charge in [0, 0.05) is 30.1 Å². The van der Waals surface area contributed by atoms with Crippen molar-refractivity contribution in [2.75, 3.05) is 13.2 Å². The summed E-state index contributed by atoms with van der Waals surface area (Å²) in [5.74, 6) is 0. The van der Waals surface area contributed by atoms with Gasteiger partial charge < -0.3 is 15.6 Å². The van der Waals surface area contributed by atoms with E-state index in [9.17, 15) is 5.11 Å². The highest BCUT2D eigenvalue weighted by atomic mass is 32.1. The van der Waals surface area contributed by atoms with Crippen LogP contribution in [0.5, 0.6) is 0 Å². The van der Waals surface area contributed by atoms with Crippen LogP contribution in [0.25, 0.3) is 31.6 Å². The first-order valence-electron chi connectivity index (χ1n) is 12.2. The van der Waals surface area contributed by atoms with Gasteiger partial charge in [-0.3, -0.25) is 0 Å². The van der Waals surface area contributed by atoms with Crippen LogP contribution in [0.2, 0.25) is 0 Å². The molecule has 5 nitrogen and oxygen atoms in total. The van der Waals surface area contributed by atoms with Crippen LogP contribution in [-0.4, -0.2) is 33.9 Å². The molecule has 1 aliphatic carbocycles. The zero-order valence-electron chi connectivity index (χ0n) is 20.0. The van der Waals surface area contributed by atoms with Gasteiger partial charge in [0.05, 0.1) is 34.3 Å². The number of hydrogen-bond donors (Lipinski definition) is 2. The lowest BCUT2D eigenvalue weighted by molar-refractivity contribution is -0.0738. The van der Waals surface area contributed by atoms with Gasteiger partial charge in [0.15, 0.2) is 5.67 Å². The van der Waals surface area contributed by atoms with Gasteiger partial charge in [-0.25, -0.2) is 14.4 Å². The molecule has 1 saturated carbocycles. The Hall–Kier alpha value is -2.49. The molecule has 3 N–H and O–H groups in total. The van der Waals surface area contributed by atoms with Gasteiger partial charge in [-0.15, -0.1) is 22.7 Å². The van der Waals surface area contributed by atoms with Crippen LogP contribution in [0.15, 0.2) is 60.8 Å². The summed E-state index contributed by atoms with van der Waals surface area (Å²) in [6, 6.07) is 18.4. The van der Waals surface area contributed by atoms with Crippen molar-refractivity contribution in [2.45, 2.75) is 49.4 Å². The third-order valence-electron chi connectivity index (χ3n) is 7.17. The molecule has 0 unspecified atom stereocenters.